The van der Waals surface area contributed by atoms with Gasteiger partial charge in [-0.2, -0.15) is 0 Å². The molecule has 2 aliphatic heterocycles. The minimum atomic E-state index is -1.44. The highest BCUT2D eigenvalue weighted by atomic mass is 35.5. The Morgan fingerprint density at radius 2 is 1.81 bits per heavy atom. The SMILES string of the molecule is O=C1N(CCOc2ccccc2)c2c(ccc(Cl)c2Cl)C12OCCCO2. The lowest BCUT2D eigenvalue weighted by molar-refractivity contribution is -0.256. The van der Waals surface area contributed by atoms with Gasteiger partial charge in [-0.05, 0) is 30.7 Å². The number of carbonyl (C=O) groups is 1. The van der Waals surface area contributed by atoms with Gasteiger partial charge in [0.15, 0.2) is 0 Å². The maximum absolute atomic E-state index is 13.2. The van der Waals surface area contributed by atoms with Crippen LogP contribution >= 0.6 is 23.2 Å². The number of hydrogen-bond donors (Lipinski definition) is 0. The molecule has 0 saturated carbocycles. The molecule has 1 spiro atoms. The summed E-state index contributed by atoms with van der Waals surface area (Å²) in [6.07, 6.45) is 0.739. The number of anilines is 1. The maximum Gasteiger partial charge on any atom is 0.292 e. The van der Waals surface area contributed by atoms with Gasteiger partial charge in [0.05, 0.1) is 35.5 Å². The lowest BCUT2D eigenvalue weighted by atomic mass is 10.1. The van der Waals surface area contributed by atoms with Gasteiger partial charge >= 0.3 is 0 Å². The second-order valence-electron chi connectivity index (χ2n) is 6.04. The number of rotatable bonds is 4. The van der Waals surface area contributed by atoms with E-state index in [1.807, 2.05) is 30.3 Å². The molecule has 4 rings (SSSR count). The van der Waals surface area contributed by atoms with Gasteiger partial charge < -0.3 is 19.1 Å². The molecule has 2 aromatic rings. The van der Waals surface area contributed by atoms with Gasteiger partial charge in [-0.25, -0.2) is 0 Å². The van der Waals surface area contributed by atoms with E-state index in [0.717, 1.165) is 12.2 Å². The molecular formula is C19H17Cl2NO4. The van der Waals surface area contributed by atoms with Crippen molar-refractivity contribution < 1.29 is 19.0 Å². The van der Waals surface area contributed by atoms with Crippen molar-refractivity contribution in [2.24, 2.45) is 0 Å². The van der Waals surface area contributed by atoms with Crippen molar-refractivity contribution in [2.75, 3.05) is 31.3 Å². The summed E-state index contributed by atoms with van der Waals surface area (Å²) in [5.41, 5.74) is 1.12. The highest BCUT2D eigenvalue weighted by Crippen LogP contribution is 2.50. The molecule has 0 atom stereocenters. The summed E-state index contributed by atoms with van der Waals surface area (Å²) in [7, 11) is 0. The monoisotopic (exact) mass is 393 g/mol. The zero-order chi connectivity index (χ0) is 18.1. The number of para-hydroxylation sites is 1. The second-order valence-corrected chi connectivity index (χ2v) is 6.83. The summed E-state index contributed by atoms with van der Waals surface area (Å²) in [5.74, 6) is -1.00. The largest absolute Gasteiger partial charge is 0.492 e. The molecule has 1 saturated heterocycles. The van der Waals surface area contributed by atoms with Gasteiger partial charge in [0.1, 0.15) is 12.4 Å². The van der Waals surface area contributed by atoms with E-state index in [9.17, 15) is 4.79 Å². The Balaban J connectivity index is 1.63. The molecule has 0 unspecified atom stereocenters. The lowest BCUT2D eigenvalue weighted by Gasteiger charge is -2.32. The van der Waals surface area contributed by atoms with Gasteiger partial charge in [0, 0.05) is 5.56 Å². The fourth-order valence-corrected chi connectivity index (χ4v) is 3.68. The number of fused-ring (bicyclic) bond motifs is 2. The maximum atomic E-state index is 13.2. The minimum absolute atomic E-state index is 0.298. The summed E-state index contributed by atoms with van der Waals surface area (Å²) in [4.78, 5) is 14.7. The van der Waals surface area contributed by atoms with Gasteiger partial charge in [0.25, 0.3) is 11.7 Å². The van der Waals surface area contributed by atoms with Crippen molar-refractivity contribution >= 4 is 34.8 Å². The van der Waals surface area contributed by atoms with Crippen molar-refractivity contribution in [3.63, 3.8) is 0 Å². The van der Waals surface area contributed by atoms with Crippen LogP contribution in [0.15, 0.2) is 42.5 Å². The molecule has 26 heavy (non-hydrogen) atoms. The number of halogens is 2. The zero-order valence-electron chi connectivity index (χ0n) is 13.9. The van der Waals surface area contributed by atoms with E-state index >= 15 is 0 Å². The molecule has 5 nitrogen and oxygen atoms in total. The van der Waals surface area contributed by atoms with E-state index < -0.39 is 5.79 Å². The fourth-order valence-electron chi connectivity index (χ4n) is 3.26. The standard InChI is InChI=1S/C19H17Cl2NO4/c20-15-8-7-14-17(16(15)21)22(9-12-24-13-5-2-1-3-6-13)18(23)19(14)25-10-4-11-26-19/h1-3,5-8H,4,9-12H2. The Kier molecular flexibility index (Phi) is 4.80. The summed E-state index contributed by atoms with van der Waals surface area (Å²) < 4.78 is 17.3. The van der Waals surface area contributed by atoms with E-state index in [4.69, 9.17) is 37.4 Å². The number of amides is 1. The van der Waals surface area contributed by atoms with Crippen LogP contribution in [-0.4, -0.2) is 32.3 Å². The average molecular weight is 394 g/mol. The number of benzene rings is 2. The third-order valence-electron chi connectivity index (χ3n) is 4.45. The fraction of sp³-hybridized carbons (Fsp3) is 0.316. The molecule has 7 heteroatoms. The predicted octanol–water partition coefficient (Wildman–Crippen LogP) is 4.01. The van der Waals surface area contributed by atoms with Crippen LogP contribution in [0.5, 0.6) is 5.75 Å². The number of hydrogen-bond acceptors (Lipinski definition) is 4. The first-order valence-corrected chi connectivity index (χ1v) is 9.15. The highest BCUT2D eigenvalue weighted by molar-refractivity contribution is 6.44. The molecule has 1 fully saturated rings. The number of nitrogens with zero attached hydrogens (tertiary/aromatic N) is 1. The Labute approximate surface area is 161 Å². The summed E-state index contributed by atoms with van der Waals surface area (Å²) in [6.45, 7) is 1.49. The van der Waals surface area contributed by atoms with E-state index in [1.54, 1.807) is 12.1 Å². The molecule has 0 aromatic heterocycles. The number of ether oxygens (including phenoxy) is 3. The predicted molar refractivity (Wildman–Crippen MR) is 99.0 cm³/mol. The van der Waals surface area contributed by atoms with Crippen LogP contribution in [0.3, 0.4) is 0 Å². The topological polar surface area (TPSA) is 48.0 Å². The van der Waals surface area contributed by atoms with Crippen molar-refractivity contribution in [3.8, 4) is 5.75 Å². The normalized spacial score (nSPS) is 18.2. The summed E-state index contributed by atoms with van der Waals surface area (Å²) >= 11 is 12.6. The smallest absolute Gasteiger partial charge is 0.292 e. The van der Waals surface area contributed by atoms with E-state index in [-0.39, 0.29) is 5.91 Å². The molecule has 136 valence electrons. The van der Waals surface area contributed by atoms with Crippen LogP contribution in [0.4, 0.5) is 5.69 Å². The third-order valence-corrected chi connectivity index (χ3v) is 5.24. The molecule has 0 N–H and O–H groups in total. The van der Waals surface area contributed by atoms with E-state index in [0.29, 0.717) is 47.7 Å². The number of carbonyl (C=O) groups excluding carboxylic acids is 1. The molecule has 2 aromatic carbocycles. The van der Waals surface area contributed by atoms with Crippen molar-refractivity contribution in [2.45, 2.75) is 12.2 Å². The summed E-state index contributed by atoms with van der Waals surface area (Å²) in [5, 5.41) is 0.687. The average Bonchev–Trinajstić information content (AvgIpc) is 2.89. The van der Waals surface area contributed by atoms with Gasteiger partial charge in [0.2, 0.25) is 0 Å². The molecule has 2 heterocycles. The van der Waals surface area contributed by atoms with E-state index in [2.05, 4.69) is 0 Å². The second kappa shape index (κ2) is 7.08. The van der Waals surface area contributed by atoms with Gasteiger partial charge in [-0.3, -0.25) is 4.79 Å². The van der Waals surface area contributed by atoms with E-state index in [1.165, 1.54) is 4.90 Å². The van der Waals surface area contributed by atoms with Crippen LogP contribution < -0.4 is 9.64 Å². The van der Waals surface area contributed by atoms with Crippen LogP contribution in [0.25, 0.3) is 0 Å². The molecule has 2 aliphatic rings. The lowest BCUT2D eigenvalue weighted by Crippen LogP contribution is -2.48. The van der Waals surface area contributed by atoms with Crippen LogP contribution in [-0.2, 0) is 20.1 Å². The Morgan fingerprint density at radius 3 is 2.54 bits per heavy atom. The molecule has 0 aliphatic carbocycles. The Morgan fingerprint density at radius 1 is 1.08 bits per heavy atom. The van der Waals surface area contributed by atoms with Gasteiger partial charge in [-0.1, -0.05) is 41.4 Å². The van der Waals surface area contributed by atoms with Crippen molar-refractivity contribution in [3.05, 3.63) is 58.1 Å². The molecular weight excluding hydrogens is 377 g/mol. The zero-order valence-corrected chi connectivity index (χ0v) is 15.4. The highest BCUT2D eigenvalue weighted by Gasteiger charge is 2.55. The quantitative estimate of drug-likeness (QED) is 0.787. The van der Waals surface area contributed by atoms with Crippen LogP contribution in [0, 0.1) is 0 Å². The molecule has 1 amide bonds. The van der Waals surface area contributed by atoms with Gasteiger partial charge in [-0.15, -0.1) is 0 Å². The van der Waals surface area contributed by atoms with Crippen LogP contribution in [0.1, 0.15) is 12.0 Å². The third kappa shape index (κ3) is 2.85. The first-order chi connectivity index (χ1) is 12.6. The Hall–Kier alpha value is -1.79. The first kappa shape index (κ1) is 17.6. The first-order valence-electron chi connectivity index (χ1n) is 8.40. The summed E-state index contributed by atoms with van der Waals surface area (Å²) in [6, 6.07) is 12.8. The Bertz CT molecular complexity index is 822. The van der Waals surface area contributed by atoms with Crippen LogP contribution in [0.2, 0.25) is 10.0 Å². The molecule has 0 bridgehead atoms. The minimum Gasteiger partial charge on any atom is -0.492 e. The van der Waals surface area contributed by atoms with Crippen molar-refractivity contribution in [1.29, 1.82) is 0 Å². The molecule has 0 radical (unpaired) electrons. The van der Waals surface area contributed by atoms with Crippen molar-refractivity contribution in [1.82, 2.24) is 0 Å².